The molecule has 0 spiro atoms. The predicted molar refractivity (Wildman–Crippen MR) is 93.1 cm³/mol. The highest BCUT2D eigenvalue weighted by molar-refractivity contribution is 9.10. The fourth-order valence-corrected chi connectivity index (χ4v) is 3.04. The fourth-order valence-electron chi connectivity index (χ4n) is 2.64. The van der Waals surface area contributed by atoms with Gasteiger partial charge in [0.1, 0.15) is 30.1 Å². The number of amides is 1. The summed E-state index contributed by atoms with van der Waals surface area (Å²) in [4.78, 5) is 18.5. The predicted octanol–water partition coefficient (Wildman–Crippen LogP) is 4.65. The minimum absolute atomic E-state index is 0.0847. The molecule has 9 heteroatoms. The van der Waals surface area contributed by atoms with Gasteiger partial charge in [-0.3, -0.25) is 14.5 Å². The molecule has 0 aromatic heterocycles. The number of hydrogen-bond donors (Lipinski definition) is 0. The van der Waals surface area contributed by atoms with Gasteiger partial charge in [0, 0.05) is 28.4 Å². The quantitative estimate of drug-likeness (QED) is 0.643. The first-order valence-electron chi connectivity index (χ1n) is 7.79. The van der Waals surface area contributed by atoms with Crippen molar-refractivity contribution in [1.29, 1.82) is 0 Å². The highest BCUT2D eigenvalue weighted by Gasteiger charge is 2.33. The van der Waals surface area contributed by atoms with Crippen LogP contribution in [0.4, 0.5) is 23.2 Å². The van der Waals surface area contributed by atoms with Crippen molar-refractivity contribution in [3.63, 3.8) is 0 Å². The molecule has 0 bridgehead atoms. The standard InChI is InChI=1S/C18H13BrF4N2O2/c1-10-24(27-9-11-2-3-13(20)8-14(11)21)5-4-17(26)25(10)18-15(22)6-12(19)7-16(18)23/h2-8,10H,9H2,1H3. The van der Waals surface area contributed by atoms with Crippen molar-refractivity contribution in [3.8, 4) is 0 Å². The minimum atomic E-state index is -0.929. The molecule has 2 aromatic rings. The first-order valence-corrected chi connectivity index (χ1v) is 8.58. The maximum absolute atomic E-state index is 14.3. The lowest BCUT2D eigenvalue weighted by Gasteiger charge is -2.38. The van der Waals surface area contributed by atoms with Crippen LogP contribution in [0.5, 0.6) is 0 Å². The summed E-state index contributed by atoms with van der Waals surface area (Å²) in [6, 6.07) is 5.10. The van der Waals surface area contributed by atoms with Crippen LogP contribution in [0.15, 0.2) is 47.1 Å². The van der Waals surface area contributed by atoms with E-state index in [0.717, 1.165) is 40.3 Å². The summed E-state index contributed by atoms with van der Waals surface area (Å²) in [5.74, 6) is -4.01. The summed E-state index contributed by atoms with van der Waals surface area (Å²) in [7, 11) is 0. The average Bonchev–Trinajstić information content (AvgIpc) is 2.57. The van der Waals surface area contributed by atoms with Gasteiger partial charge in [-0.05, 0) is 25.1 Å². The number of carbonyl (C=O) groups is 1. The number of benzene rings is 2. The van der Waals surface area contributed by atoms with Gasteiger partial charge in [0.05, 0.1) is 0 Å². The summed E-state index contributed by atoms with van der Waals surface area (Å²) in [6.45, 7) is 1.22. The first-order chi connectivity index (χ1) is 12.8. The van der Waals surface area contributed by atoms with E-state index in [2.05, 4.69) is 15.9 Å². The van der Waals surface area contributed by atoms with E-state index in [1.54, 1.807) is 0 Å². The Bertz CT molecular complexity index is 899. The highest BCUT2D eigenvalue weighted by atomic mass is 79.9. The van der Waals surface area contributed by atoms with Gasteiger partial charge in [-0.15, -0.1) is 0 Å². The van der Waals surface area contributed by atoms with Crippen molar-refractivity contribution in [2.24, 2.45) is 0 Å². The minimum Gasteiger partial charge on any atom is -0.280 e. The van der Waals surface area contributed by atoms with Crippen molar-refractivity contribution in [2.75, 3.05) is 4.90 Å². The van der Waals surface area contributed by atoms with Gasteiger partial charge < -0.3 is 0 Å². The lowest BCUT2D eigenvalue weighted by molar-refractivity contribution is -0.163. The third-order valence-electron chi connectivity index (χ3n) is 3.95. The second-order valence-corrected chi connectivity index (χ2v) is 6.66. The van der Waals surface area contributed by atoms with Gasteiger partial charge in [0.25, 0.3) is 5.91 Å². The maximum atomic E-state index is 14.3. The van der Waals surface area contributed by atoms with Crippen LogP contribution in [0.1, 0.15) is 12.5 Å². The first kappa shape index (κ1) is 19.4. The molecule has 1 aliphatic heterocycles. The lowest BCUT2D eigenvalue weighted by Crippen LogP contribution is -2.50. The van der Waals surface area contributed by atoms with Crippen LogP contribution in [0.2, 0.25) is 0 Å². The number of hydrogen-bond acceptors (Lipinski definition) is 3. The molecule has 27 heavy (non-hydrogen) atoms. The van der Waals surface area contributed by atoms with Crippen LogP contribution in [0.25, 0.3) is 0 Å². The molecule has 3 rings (SSSR count). The molecule has 1 aliphatic rings. The molecule has 2 aromatic carbocycles. The summed E-state index contributed by atoms with van der Waals surface area (Å²) in [5.41, 5.74) is -0.442. The van der Waals surface area contributed by atoms with Crippen molar-refractivity contribution >= 4 is 27.5 Å². The molecule has 4 nitrogen and oxygen atoms in total. The molecule has 0 aliphatic carbocycles. The van der Waals surface area contributed by atoms with E-state index < -0.39 is 41.0 Å². The van der Waals surface area contributed by atoms with Crippen LogP contribution in [0, 0.1) is 23.3 Å². The van der Waals surface area contributed by atoms with Crippen LogP contribution >= 0.6 is 15.9 Å². The Morgan fingerprint density at radius 3 is 2.37 bits per heavy atom. The third kappa shape index (κ3) is 3.98. The summed E-state index contributed by atoms with van der Waals surface area (Å²) in [5, 5.41) is 1.16. The van der Waals surface area contributed by atoms with E-state index in [4.69, 9.17) is 4.84 Å². The highest BCUT2D eigenvalue weighted by Crippen LogP contribution is 2.31. The Balaban J connectivity index is 1.83. The van der Waals surface area contributed by atoms with Gasteiger partial charge >= 0.3 is 0 Å². The SMILES string of the molecule is CC1N(OCc2ccc(F)cc2F)C=CC(=O)N1c1c(F)cc(Br)cc1F. The Morgan fingerprint density at radius 2 is 1.74 bits per heavy atom. The molecule has 0 saturated heterocycles. The molecule has 0 radical (unpaired) electrons. The van der Waals surface area contributed by atoms with Crippen molar-refractivity contribution in [1.82, 2.24) is 5.06 Å². The monoisotopic (exact) mass is 444 g/mol. The number of hydroxylamine groups is 2. The maximum Gasteiger partial charge on any atom is 0.254 e. The Morgan fingerprint density at radius 1 is 1.07 bits per heavy atom. The number of rotatable bonds is 4. The summed E-state index contributed by atoms with van der Waals surface area (Å²) >= 11 is 2.98. The van der Waals surface area contributed by atoms with Crippen LogP contribution in [-0.2, 0) is 16.2 Å². The number of nitrogens with zero attached hydrogens (tertiary/aromatic N) is 2. The zero-order chi connectivity index (χ0) is 19.7. The molecule has 0 fully saturated rings. The van der Waals surface area contributed by atoms with Crippen LogP contribution in [-0.4, -0.2) is 17.1 Å². The molecule has 0 saturated carbocycles. The van der Waals surface area contributed by atoms with E-state index in [1.165, 1.54) is 19.2 Å². The van der Waals surface area contributed by atoms with E-state index in [0.29, 0.717) is 0 Å². The van der Waals surface area contributed by atoms with E-state index >= 15 is 0 Å². The topological polar surface area (TPSA) is 32.8 Å². The Hall–Kier alpha value is -2.39. The molecule has 1 amide bonds. The summed E-state index contributed by atoms with van der Waals surface area (Å²) in [6.07, 6.45) is 1.43. The fraction of sp³-hybridized carbons (Fsp3) is 0.167. The van der Waals surface area contributed by atoms with E-state index in [-0.39, 0.29) is 16.6 Å². The molecule has 1 heterocycles. The second kappa shape index (κ2) is 7.69. The largest absolute Gasteiger partial charge is 0.280 e. The number of carbonyl (C=O) groups excluding carboxylic acids is 1. The van der Waals surface area contributed by atoms with Crippen molar-refractivity contribution in [3.05, 3.63) is 75.9 Å². The average molecular weight is 445 g/mol. The lowest BCUT2D eigenvalue weighted by atomic mass is 10.2. The zero-order valence-corrected chi connectivity index (χ0v) is 15.5. The van der Waals surface area contributed by atoms with Gasteiger partial charge in [-0.2, -0.15) is 0 Å². The smallest absolute Gasteiger partial charge is 0.254 e. The van der Waals surface area contributed by atoms with Gasteiger partial charge in [0.15, 0.2) is 11.6 Å². The molecule has 1 unspecified atom stereocenters. The zero-order valence-electron chi connectivity index (χ0n) is 13.9. The van der Waals surface area contributed by atoms with Crippen LogP contribution < -0.4 is 4.90 Å². The molecular formula is C18H13BrF4N2O2. The summed E-state index contributed by atoms with van der Waals surface area (Å²) < 4.78 is 55.4. The second-order valence-electron chi connectivity index (χ2n) is 5.74. The van der Waals surface area contributed by atoms with Gasteiger partial charge in [-0.1, -0.05) is 22.0 Å². The molecule has 0 N–H and O–H groups in total. The number of anilines is 1. The normalized spacial score (nSPS) is 17.0. The van der Waals surface area contributed by atoms with Crippen LogP contribution in [0.3, 0.4) is 0 Å². The Labute approximate surface area is 160 Å². The number of halogens is 5. The third-order valence-corrected chi connectivity index (χ3v) is 4.41. The van der Waals surface area contributed by atoms with Crippen molar-refractivity contribution in [2.45, 2.75) is 19.7 Å². The molecule has 1 atom stereocenters. The molecular weight excluding hydrogens is 432 g/mol. The van der Waals surface area contributed by atoms with Gasteiger partial charge in [0.2, 0.25) is 0 Å². The van der Waals surface area contributed by atoms with E-state index in [1.807, 2.05) is 0 Å². The van der Waals surface area contributed by atoms with Gasteiger partial charge in [-0.25, -0.2) is 22.6 Å². The Kier molecular flexibility index (Phi) is 5.52. The van der Waals surface area contributed by atoms with E-state index in [9.17, 15) is 22.4 Å². The van der Waals surface area contributed by atoms with Crippen molar-refractivity contribution < 1.29 is 27.2 Å². The molecule has 142 valence electrons.